The largest absolute Gasteiger partial charge is 0.444 e. The van der Waals surface area contributed by atoms with Gasteiger partial charge in [-0.05, 0) is 58.6 Å². The molecule has 1 amide bonds. The lowest BCUT2D eigenvalue weighted by Crippen LogP contribution is -2.45. The highest BCUT2D eigenvalue weighted by molar-refractivity contribution is 5.70. The van der Waals surface area contributed by atoms with Crippen LogP contribution in [-0.2, 0) is 11.2 Å². The molecule has 3 rings (SSSR count). The molecule has 1 saturated heterocycles. The summed E-state index contributed by atoms with van der Waals surface area (Å²) < 4.78 is 33.2. The van der Waals surface area contributed by atoms with Gasteiger partial charge in [0.05, 0.1) is 6.04 Å². The minimum absolute atomic E-state index is 0.0385. The first-order valence-electron chi connectivity index (χ1n) is 8.38. The number of fused-ring (bicyclic) bond motifs is 2. The Balaban J connectivity index is 1.76. The Bertz CT molecular complexity index is 658. The SMILES string of the molecule is CC(C)(C)OC(=O)N1C2C=C(Cc3c(F)cccc3F)CC1CC2. The van der Waals surface area contributed by atoms with Gasteiger partial charge in [0.1, 0.15) is 17.2 Å². The monoisotopic (exact) mass is 335 g/mol. The van der Waals surface area contributed by atoms with Crippen LogP contribution in [0.25, 0.3) is 0 Å². The zero-order chi connectivity index (χ0) is 17.5. The van der Waals surface area contributed by atoms with Gasteiger partial charge in [0.15, 0.2) is 0 Å². The molecule has 1 fully saturated rings. The average molecular weight is 335 g/mol. The molecule has 2 aliphatic heterocycles. The van der Waals surface area contributed by atoms with Crippen molar-refractivity contribution in [2.24, 2.45) is 0 Å². The van der Waals surface area contributed by atoms with E-state index in [1.54, 1.807) is 4.90 Å². The van der Waals surface area contributed by atoms with Gasteiger partial charge < -0.3 is 4.74 Å². The Morgan fingerprint density at radius 1 is 1.25 bits per heavy atom. The number of amides is 1. The molecule has 0 spiro atoms. The van der Waals surface area contributed by atoms with E-state index in [1.807, 2.05) is 26.8 Å². The van der Waals surface area contributed by atoms with E-state index in [9.17, 15) is 13.6 Å². The van der Waals surface area contributed by atoms with Gasteiger partial charge in [-0.1, -0.05) is 17.7 Å². The first-order valence-corrected chi connectivity index (χ1v) is 8.38. The van der Waals surface area contributed by atoms with Crippen molar-refractivity contribution in [2.75, 3.05) is 0 Å². The fraction of sp³-hybridized carbons (Fsp3) is 0.526. The van der Waals surface area contributed by atoms with Crippen molar-refractivity contribution >= 4 is 6.09 Å². The summed E-state index contributed by atoms with van der Waals surface area (Å²) in [5.74, 6) is -1.03. The van der Waals surface area contributed by atoms with Crippen molar-refractivity contribution in [3.63, 3.8) is 0 Å². The van der Waals surface area contributed by atoms with E-state index in [2.05, 4.69) is 0 Å². The van der Waals surface area contributed by atoms with Crippen molar-refractivity contribution in [2.45, 2.75) is 64.1 Å². The molecule has 2 heterocycles. The van der Waals surface area contributed by atoms with Crippen LogP contribution in [0.4, 0.5) is 13.6 Å². The number of ether oxygens (including phenoxy) is 1. The Kier molecular flexibility index (Phi) is 4.37. The van der Waals surface area contributed by atoms with E-state index in [1.165, 1.54) is 18.2 Å². The number of hydrogen-bond donors (Lipinski definition) is 0. The predicted molar refractivity (Wildman–Crippen MR) is 87.6 cm³/mol. The number of nitrogens with zero attached hydrogens (tertiary/aromatic N) is 1. The molecule has 130 valence electrons. The molecule has 2 bridgehead atoms. The smallest absolute Gasteiger partial charge is 0.411 e. The van der Waals surface area contributed by atoms with Crippen molar-refractivity contribution in [1.82, 2.24) is 4.90 Å². The molecule has 3 nitrogen and oxygen atoms in total. The summed E-state index contributed by atoms with van der Waals surface area (Å²) in [5, 5.41) is 0. The number of carbonyl (C=O) groups excluding carboxylic acids is 1. The average Bonchev–Trinajstić information content (AvgIpc) is 2.73. The van der Waals surface area contributed by atoms with Gasteiger partial charge in [0.25, 0.3) is 0 Å². The first kappa shape index (κ1) is 16.9. The van der Waals surface area contributed by atoms with E-state index in [4.69, 9.17) is 4.74 Å². The molecule has 1 aromatic rings. The summed E-state index contributed by atoms with van der Waals surface area (Å²) in [7, 11) is 0. The van der Waals surface area contributed by atoms with E-state index in [0.29, 0.717) is 6.42 Å². The van der Waals surface area contributed by atoms with Crippen molar-refractivity contribution in [1.29, 1.82) is 0 Å². The summed E-state index contributed by atoms with van der Waals surface area (Å²) in [6.07, 6.45) is 4.34. The van der Waals surface area contributed by atoms with E-state index < -0.39 is 17.2 Å². The quantitative estimate of drug-likeness (QED) is 0.739. The maximum Gasteiger partial charge on any atom is 0.411 e. The first-order chi connectivity index (χ1) is 11.2. The molecule has 24 heavy (non-hydrogen) atoms. The molecular formula is C19H23F2NO2. The maximum absolute atomic E-state index is 13.9. The van der Waals surface area contributed by atoms with Crippen LogP contribution in [0, 0.1) is 11.6 Å². The van der Waals surface area contributed by atoms with Gasteiger partial charge in [-0.25, -0.2) is 13.6 Å². The van der Waals surface area contributed by atoms with Crippen LogP contribution >= 0.6 is 0 Å². The fourth-order valence-electron chi connectivity index (χ4n) is 3.58. The van der Waals surface area contributed by atoms with Crippen LogP contribution in [-0.4, -0.2) is 28.7 Å². The number of hydrogen-bond acceptors (Lipinski definition) is 2. The fourth-order valence-corrected chi connectivity index (χ4v) is 3.58. The summed E-state index contributed by atoms with van der Waals surface area (Å²) in [4.78, 5) is 14.2. The molecule has 5 heteroatoms. The highest BCUT2D eigenvalue weighted by atomic mass is 19.1. The summed E-state index contributed by atoms with van der Waals surface area (Å²) >= 11 is 0. The van der Waals surface area contributed by atoms with Gasteiger partial charge in [0.2, 0.25) is 0 Å². The second-order valence-corrected chi connectivity index (χ2v) is 7.59. The third-order valence-corrected chi connectivity index (χ3v) is 4.54. The summed E-state index contributed by atoms with van der Waals surface area (Å²) in [5.41, 5.74) is 0.566. The normalized spacial score (nSPS) is 23.2. The molecule has 0 saturated carbocycles. The zero-order valence-corrected chi connectivity index (χ0v) is 14.3. The van der Waals surface area contributed by atoms with E-state index in [0.717, 1.165) is 18.4 Å². The topological polar surface area (TPSA) is 29.5 Å². The second kappa shape index (κ2) is 6.19. The van der Waals surface area contributed by atoms with Gasteiger partial charge in [-0.15, -0.1) is 0 Å². The highest BCUT2D eigenvalue weighted by Gasteiger charge is 2.41. The van der Waals surface area contributed by atoms with Crippen molar-refractivity contribution in [3.05, 3.63) is 47.0 Å². The van der Waals surface area contributed by atoms with Crippen LogP contribution < -0.4 is 0 Å². The molecule has 2 atom stereocenters. The standard InChI is InChI=1S/C19H23F2NO2/c1-19(2,3)24-18(23)22-13-7-8-14(22)10-12(9-13)11-15-16(20)5-4-6-17(15)21/h4-6,9,13-14H,7-8,10-11H2,1-3H3. The van der Waals surface area contributed by atoms with E-state index in [-0.39, 0.29) is 30.2 Å². The third-order valence-electron chi connectivity index (χ3n) is 4.54. The zero-order valence-electron chi connectivity index (χ0n) is 14.3. The Morgan fingerprint density at radius 2 is 1.92 bits per heavy atom. The molecule has 2 aliphatic rings. The van der Waals surface area contributed by atoms with Crippen LogP contribution in [0.3, 0.4) is 0 Å². The molecule has 0 aliphatic carbocycles. The number of halogens is 2. The van der Waals surface area contributed by atoms with Crippen LogP contribution in [0.5, 0.6) is 0 Å². The number of benzene rings is 1. The molecule has 0 radical (unpaired) electrons. The summed E-state index contributed by atoms with van der Waals surface area (Å²) in [6.45, 7) is 5.54. The highest BCUT2D eigenvalue weighted by Crippen LogP contribution is 2.37. The van der Waals surface area contributed by atoms with E-state index >= 15 is 0 Å². The lowest BCUT2D eigenvalue weighted by atomic mass is 9.95. The van der Waals surface area contributed by atoms with Crippen LogP contribution in [0.15, 0.2) is 29.8 Å². The van der Waals surface area contributed by atoms with Crippen LogP contribution in [0.2, 0.25) is 0 Å². The molecular weight excluding hydrogens is 312 g/mol. The molecule has 0 aromatic heterocycles. The Labute approximate surface area is 141 Å². The van der Waals surface area contributed by atoms with Gasteiger partial charge in [-0.2, -0.15) is 0 Å². The number of rotatable bonds is 2. The van der Waals surface area contributed by atoms with Gasteiger partial charge >= 0.3 is 6.09 Å². The minimum atomic E-state index is -0.531. The van der Waals surface area contributed by atoms with Crippen molar-refractivity contribution < 1.29 is 18.3 Å². The van der Waals surface area contributed by atoms with Crippen LogP contribution in [0.1, 0.15) is 45.6 Å². The lowest BCUT2D eigenvalue weighted by Gasteiger charge is -2.35. The third kappa shape index (κ3) is 3.45. The summed E-state index contributed by atoms with van der Waals surface area (Å²) in [6, 6.07) is 3.95. The second-order valence-electron chi connectivity index (χ2n) is 7.59. The minimum Gasteiger partial charge on any atom is -0.444 e. The van der Waals surface area contributed by atoms with Gasteiger partial charge in [0, 0.05) is 11.6 Å². The molecule has 0 N–H and O–H groups in total. The number of carbonyl (C=O) groups is 1. The van der Waals surface area contributed by atoms with Crippen molar-refractivity contribution in [3.8, 4) is 0 Å². The molecule has 1 aromatic carbocycles. The predicted octanol–water partition coefficient (Wildman–Crippen LogP) is 4.61. The lowest BCUT2D eigenvalue weighted by molar-refractivity contribution is 0.0166. The Hall–Kier alpha value is -1.91. The molecule has 2 unspecified atom stereocenters. The van der Waals surface area contributed by atoms with Gasteiger partial charge in [-0.3, -0.25) is 4.90 Å². The Morgan fingerprint density at radius 3 is 2.50 bits per heavy atom. The maximum atomic E-state index is 13.9.